The zero-order valence-electron chi connectivity index (χ0n) is 12.2. The molecule has 0 radical (unpaired) electrons. The summed E-state index contributed by atoms with van der Waals surface area (Å²) in [6.45, 7) is 2.40. The second kappa shape index (κ2) is 5.93. The zero-order valence-corrected chi connectivity index (χ0v) is 12.2. The number of nitrogens with one attached hydrogen (secondary N) is 1. The molecule has 1 aromatic heterocycles. The van der Waals surface area contributed by atoms with E-state index in [-0.39, 0.29) is 12.5 Å². The number of nitrogens with zero attached hydrogens (tertiary/aromatic N) is 2. The van der Waals surface area contributed by atoms with Crippen molar-refractivity contribution in [2.45, 2.75) is 44.2 Å². The van der Waals surface area contributed by atoms with Crippen LogP contribution in [0, 0.1) is 5.92 Å². The third-order valence-corrected chi connectivity index (χ3v) is 4.03. The van der Waals surface area contributed by atoms with E-state index >= 15 is 0 Å². The van der Waals surface area contributed by atoms with Crippen molar-refractivity contribution in [2.24, 2.45) is 18.7 Å². The molecule has 1 aliphatic rings. The fraction of sp³-hybridized carbons (Fsp3) is 0.714. The number of nitrogens with two attached hydrogens (primary N) is 1. The van der Waals surface area contributed by atoms with Crippen molar-refractivity contribution in [3.05, 3.63) is 18.0 Å². The van der Waals surface area contributed by atoms with Crippen LogP contribution in [0.25, 0.3) is 0 Å². The van der Waals surface area contributed by atoms with Crippen molar-refractivity contribution in [3.8, 4) is 0 Å². The molecule has 0 spiro atoms. The molecule has 6 heteroatoms. The van der Waals surface area contributed by atoms with E-state index in [2.05, 4.69) is 17.3 Å². The molecule has 112 valence electrons. The van der Waals surface area contributed by atoms with E-state index in [0.29, 0.717) is 11.5 Å². The third kappa shape index (κ3) is 3.58. The number of rotatable bonds is 4. The third-order valence-electron chi connectivity index (χ3n) is 4.03. The Morgan fingerprint density at radius 2 is 2.50 bits per heavy atom. The molecule has 1 amide bonds. The minimum atomic E-state index is -0.790. The second-order valence-corrected chi connectivity index (χ2v) is 6.07. The lowest BCUT2D eigenvalue weighted by Gasteiger charge is -2.35. The van der Waals surface area contributed by atoms with Crippen LogP contribution >= 0.6 is 0 Å². The Morgan fingerprint density at radius 3 is 3.10 bits per heavy atom. The van der Waals surface area contributed by atoms with Gasteiger partial charge in [0.2, 0.25) is 5.91 Å². The second-order valence-electron chi connectivity index (χ2n) is 6.07. The van der Waals surface area contributed by atoms with Gasteiger partial charge in [-0.2, -0.15) is 5.10 Å². The van der Waals surface area contributed by atoms with Gasteiger partial charge in [-0.05, 0) is 18.8 Å². The van der Waals surface area contributed by atoms with Crippen LogP contribution in [0.3, 0.4) is 0 Å². The number of carbonyl (C=O) groups is 1. The summed E-state index contributed by atoms with van der Waals surface area (Å²) in [4.78, 5) is 12.0. The molecule has 1 aromatic rings. The van der Waals surface area contributed by atoms with Crippen molar-refractivity contribution in [1.29, 1.82) is 0 Å². The molecular formula is C14H24N4O2. The van der Waals surface area contributed by atoms with Crippen LogP contribution in [0.2, 0.25) is 0 Å². The molecule has 4 N–H and O–H groups in total. The van der Waals surface area contributed by atoms with Gasteiger partial charge in [-0.15, -0.1) is 0 Å². The normalized spacial score (nSPS) is 28.1. The van der Waals surface area contributed by atoms with E-state index in [0.717, 1.165) is 25.7 Å². The van der Waals surface area contributed by atoms with Crippen molar-refractivity contribution in [2.75, 3.05) is 6.54 Å². The minimum Gasteiger partial charge on any atom is -0.388 e. The molecular weight excluding hydrogens is 256 g/mol. The van der Waals surface area contributed by atoms with Crippen LogP contribution < -0.4 is 11.1 Å². The quantitative estimate of drug-likeness (QED) is 0.747. The van der Waals surface area contributed by atoms with E-state index < -0.39 is 11.6 Å². The zero-order chi connectivity index (χ0) is 14.8. The molecule has 3 atom stereocenters. The average molecular weight is 280 g/mol. The number of hydrogen-bond acceptors (Lipinski definition) is 4. The maximum atomic E-state index is 12.0. The van der Waals surface area contributed by atoms with Gasteiger partial charge in [0.1, 0.15) is 6.04 Å². The highest BCUT2D eigenvalue weighted by molar-refractivity contribution is 5.82. The molecule has 6 nitrogen and oxygen atoms in total. The lowest BCUT2D eigenvalue weighted by Crippen LogP contribution is -2.47. The molecule has 0 aromatic carbocycles. The number of hydrogen-bond donors (Lipinski definition) is 3. The molecule has 0 saturated heterocycles. The number of aryl methyl sites for hydroxylation is 1. The number of aliphatic hydroxyl groups is 1. The van der Waals surface area contributed by atoms with Gasteiger partial charge < -0.3 is 16.2 Å². The Labute approximate surface area is 119 Å². The fourth-order valence-electron chi connectivity index (χ4n) is 2.91. The van der Waals surface area contributed by atoms with Crippen LogP contribution in [-0.4, -0.2) is 32.9 Å². The number of carbonyl (C=O) groups excluding carboxylic acids is 1. The van der Waals surface area contributed by atoms with Crippen LogP contribution in [0.15, 0.2) is 12.4 Å². The van der Waals surface area contributed by atoms with Gasteiger partial charge in [-0.25, -0.2) is 0 Å². The molecule has 1 saturated carbocycles. The highest BCUT2D eigenvalue weighted by atomic mass is 16.3. The topological polar surface area (TPSA) is 93.2 Å². The van der Waals surface area contributed by atoms with Gasteiger partial charge in [0.05, 0.1) is 11.8 Å². The van der Waals surface area contributed by atoms with Crippen molar-refractivity contribution < 1.29 is 9.90 Å². The molecule has 0 aliphatic heterocycles. The fourth-order valence-corrected chi connectivity index (χ4v) is 2.91. The van der Waals surface area contributed by atoms with E-state index in [1.165, 1.54) is 0 Å². The Kier molecular flexibility index (Phi) is 4.45. The van der Waals surface area contributed by atoms with E-state index in [4.69, 9.17) is 5.73 Å². The van der Waals surface area contributed by atoms with Gasteiger partial charge in [-0.1, -0.05) is 19.8 Å². The van der Waals surface area contributed by atoms with Gasteiger partial charge in [0.25, 0.3) is 0 Å². The maximum absolute atomic E-state index is 12.0. The maximum Gasteiger partial charge on any atom is 0.241 e. The summed E-state index contributed by atoms with van der Waals surface area (Å²) in [5.41, 5.74) is 5.78. The Morgan fingerprint density at radius 1 is 1.75 bits per heavy atom. The Bertz CT molecular complexity index is 473. The standard InChI is InChI=1S/C14H24N4O2/c1-10-4-3-5-14(20,6-10)9-16-13(19)12(15)11-7-17-18(2)8-11/h7-8,10,12,20H,3-6,9,15H2,1-2H3,(H,16,19). The largest absolute Gasteiger partial charge is 0.388 e. The summed E-state index contributed by atoms with van der Waals surface area (Å²) < 4.78 is 1.61. The number of amides is 1. The lowest BCUT2D eigenvalue weighted by atomic mass is 9.79. The van der Waals surface area contributed by atoms with E-state index in [1.54, 1.807) is 24.1 Å². The van der Waals surface area contributed by atoms with Crippen molar-refractivity contribution >= 4 is 5.91 Å². The smallest absolute Gasteiger partial charge is 0.241 e. The van der Waals surface area contributed by atoms with Crippen LogP contribution in [0.5, 0.6) is 0 Å². The van der Waals surface area contributed by atoms with Crippen LogP contribution in [0.1, 0.15) is 44.2 Å². The first-order chi connectivity index (χ1) is 9.39. The van der Waals surface area contributed by atoms with E-state index in [1.807, 2.05) is 0 Å². The summed E-state index contributed by atoms with van der Waals surface area (Å²) >= 11 is 0. The lowest BCUT2D eigenvalue weighted by molar-refractivity contribution is -0.124. The highest BCUT2D eigenvalue weighted by Crippen LogP contribution is 2.31. The summed E-state index contributed by atoms with van der Waals surface area (Å²) in [5.74, 6) is 0.224. The van der Waals surface area contributed by atoms with Crippen LogP contribution in [0.4, 0.5) is 0 Å². The molecule has 3 unspecified atom stereocenters. The summed E-state index contributed by atoms with van der Waals surface area (Å²) in [5, 5.41) is 17.2. The minimum absolute atomic E-state index is 0.268. The van der Waals surface area contributed by atoms with Crippen molar-refractivity contribution in [1.82, 2.24) is 15.1 Å². The van der Waals surface area contributed by atoms with Crippen LogP contribution in [-0.2, 0) is 11.8 Å². The predicted molar refractivity (Wildman–Crippen MR) is 75.7 cm³/mol. The SMILES string of the molecule is CC1CCCC(O)(CNC(=O)C(N)c2cnn(C)c2)C1. The molecule has 20 heavy (non-hydrogen) atoms. The van der Waals surface area contributed by atoms with Crippen molar-refractivity contribution in [3.63, 3.8) is 0 Å². The molecule has 2 rings (SSSR count). The molecule has 1 aliphatic carbocycles. The van der Waals surface area contributed by atoms with Gasteiger partial charge in [0, 0.05) is 25.4 Å². The first kappa shape index (κ1) is 15.0. The van der Waals surface area contributed by atoms with Gasteiger partial charge >= 0.3 is 0 Å². The highest BCUT2D eigenvalue weighted by Gasteiger charge is 2.33. The first-order valence-electron chi connectivity index (χ1n) is 7.14. The molecule has 1 heterocycles. The summed E-state index contributed by atoms with van der Waals surface area (Å²) in [6, 6.07) is -0.742. The van der Waals surface area contributed by atoms with Gasteiger partial charge in [0.15, 0.2) is 0 Å². The summed E-state index contributed by atoms with van der Waals surface area (Å²) in [6.07, 6.45) is 6.92. The average Bonchev–Trinajstić information content (AvgIpc) is 2.81. The molecule has 1 fully saturated rings. The number of aromatic nitrogens is 2. The molecule has 0 bridgehead atoms. The summed E-state index contributed by atoms with van der Waals surface area (Å²) in [7, 11) is 1.78. The monoisotopic (exact) mass is 280 g/mol. The predicted octanol–water partition coefficient (Wildman–Crippen LogP) is 0.477. The first-order valence-corrected chi connectivity index (χ1v) is 7.14. The Balaban J connectivity index is 1.88. The van der Waals surface area contributed by atoms with E-state index in [9.17, 15) is 9.90 Å². The van der Waals surface area contributed by atoms with Gasteiger partial charge in [-0.3, -0.25) is 9.48 Å². The Hall–Kier alpha value is -1.40.